The molecule has 1 aromatic carbocycles. The summed E-state index contributed by atoms with van der Waals surface area (Å²) in [5.74, 6) is -3.24. The highest BCUT2D eigenvalue weighted by molar-refractivity contribution is 5.92. The lowest BCUT2D eigenvalue weighted by Crippen LogP contribution is -2.32. The van der Waals surface area contributed by atoms with E-state index in [2.05, 4.69) is 25.0 Å². The first-order valence-electron chi connectivity index (χ1n) is 9.07. The van der Waals surface area contributed by atoms with Gasteiger partial charge in [0, 0.05) is 12.3 Å². The minimum Gasteiger partial charge on any atom is -0.403 e. The number of nitrogens with zero attached hydrogens (tertiary/aromatic N) is 2. The quantitative estimate of drug-likeness (QED) is 0.495. The van der Waals surface area contributed by atoms with Gasteiger partial charge < -0.3 is 20.1 Å². The number of hydrogen-bond acceptors (Lipinski definition) is 6. The molecular formula is C20H16F4N4O4. The molecule has 168 valence electrons. The van der Waals surface area contributed by atoms with Crippen molar-refractivity contribution in [2.24, 2.45) is 0 Å². The first kappa shape index (κ1) is 22.9. The fourth-order valence-electron chi connectivity index (χ4n) is 2.71. The number of halogens is 4. The van der Waals surface area contributed by atoms with Crippen LogP contribution in [0.5, 0.6) is 5.75 Å². The number of aryl methyl sites for hydroxylation is 1. The Morgan fingerprint density at radius 1 is 1.25 bits per heavy atom. The number of benzene rings is 1. The number of aromatic amines is 1. The molecule has 0 fully saturated rings. The van der Waals surface area contributed by atoms with E-state index in [1.54, 1.807) is 18.3 Å². The number of aliphatic hydroxyl groups is 1. The number of hydrogen-bond donors (Lipinski definition) is 3. The van der Waals surface area contributed by atoms with Crippen molar-refractivity contribution in [3.63, 3.8) is 0 Å². The van der Waals surface area contributed by atoms with E-state index < -0.39 is 42.0 Å². The summed E-state index contributed by atoms with van der Waals surface area (Å²) in [5.41, 5.74) is 0.209. The zero-order chi connectivity index (χ0) is 23.5. The first-order valence-corrected chi connectivity index (χ1v) is 9.07. The topological polar surface area (TPSA) is 117 Å². The maximum absolute atomic E-state index is 14.0. The van der Waals surface area contributed by atoms with Crippen molar-refractivity contribution in [1.82, 2.24) is 20.3 Å². The number of ether oxygens (including phenoxy) is 1. The van der Waals surface area contributed by atoms with Gasteiger partial charge in [-0.05, 0) is 36.2 Å². The van der Waals surface area contributed by atoms with Gasteiger partial charge in [-0.25, -0.2) is 9.37 Å². The van der Waals surface area contributed by atoms with Crippen LogP contribution >= 0.6 is 0 Å². The van der Waals surface area contributed by atoms with Crippen LogP contribution in [0.3, 0.4) is 0 Å². The Hall–Kier alpha value is -3.80. The first-order chi connectivity index (χ1) is 15.1. The Kier molecular flexibility index (Phi) is 6.53. The third kappa shape index (κ3) is 5.66. The molecule has 2 aromatic heterocycles. The van der Waals surface area contributed by atoms with Crippen LogP contribution in [0.4, 0.5) is 17.6 Å². The third-order valence-corrected chi connectivity index (χ3v) is 4.20. The molecule has 3 N–H and O–H groups in total. The molecule has 0 bridgehead atoms. The monoisotopic (exact) mass is 452 g/mol. The highest BCUT2D eigenvalue weighted by Gasteiger charge is 2.32. The van der Waals surface area contributed by atoms with Crippen molar-refractivity contribution in [3.05, 3.63) is 75.6 Å². The number of carbonyl (C=O) groups is 1. The molecule has 12 heteroatoms. The second-order valence-corrected chi connectivity index (χ2v) is 6.65. The molecule has 0 aliphatic heterocycles. The van der Waals surface area contributed by atoms with Crippen LogP contribution < -0.4 is 15.6 Å². The molecule has 0 aliphatic carbocycles. The van der Waals surface area contributed by atoms with Gasteiger partial charge in [0.1, 0.15) is 11.4 Å². The van der Waals surface area contributed by atoms with E-state index in [1.807, 2.05) is 6.92 Å². The van der Waals surface area contributed by atoms with E-state index >= 15 is 0 Å². The summed E-state index contributed by atoms with van der Waals surface area (Å²) in [6.07, 6.45) is -3.53. The second-order valence-electron chi connectivity index (χ2n) is 6.65. The average Bonchev–Trinajstić information content (AvgIpc) is 2.72. The number of amides is 1. The van der Waals surface area contributed by atoms with Gasteiger partial charge in [0.05, 0.1) is 12.6 Å². The Bertz CT molecular complexity index is 1180. The van der Waals surface area contributed by atoms with Crippen LogP contribution in [0, 0.1) is 12.7 Å². The Balaban J connectivity index is 1.83. The zero-order valence-electron chi connectivity index (χ0n) is 16.4. The fourth-order valence-corrected chi connectivity index (χ4v) is 2.71. The minimum absolute atomic E-state index is 0.0295. The average molecular weight is 452 g/mol. The smallest absolute Gasteiger partial charge is 0.403 e. The fraction of sp³-hybridized carbons (Fsp3) is 0.200. The lowest BCUT2D eigenvalue weighted by atomic mass is 10.1. The molecule has 3 rings (SSSR count). The van der Waals surface area contributed by atoms with Gasteiger partial charge in [0.25, 0.3) is 11.5 Å². The van der Waals surface area contributed by atoms with E-state index in [0.29, 0.717) is 11.8 Å². The summed E-state index contributed by atoms with van der Waals surface area (Å²) in [4.78, 5) is 35.2. The summed E-state index contributed by atoms with van der Waals surface area (Å²) >= 11 is 0. The van der Waals surface area contributed by atoms with Crippen molar-refractivity contribution in [2.75, 3.05) is 6.61 Å². The highest BCUT2D eigenvalue weighted by atomic mass is 19.4. The molecule has 1 amide bonds. The summed E-state index contributed by atoms with van der Waals surface area (Å²) < 4.78 is 54.4. The molecule has 0 radical (unpaired) electrons. The Morgan fingerprint density at radius 2 is 2.00 bits per heavy atom. The van der Waals surface area contributed by atoms with Crippen molar-refractivity contribution >= 4 is 5.91 Å². The summed E-state index contributed by atoms with van der Waals surface area (Å²) in [5, 5.41) is 11.9. The summed E-state index contributed by atoms with van der Waals surface area (Å²) in [6.45, 7) is 1.11. The molecule has 3 aromatic rings. The molecule has 1 unspecified atom stereocenters. The van der Waals surface area contributed by atoms with Crippen molar-refractivity contribution in [2.45, 2.75) is 19.3 Å². The normalized spacial score (nSPS) is 12.3. The molecule has 32 heavy (non-hydrogen) atoms. The Labute approximate surface area is 177 Å². The van der Waals surface area contributed by atoms with Gasteiger partial charge in [-0.1, -0.05) is 12.1 Å². The van der Waals surface area contributed by atoms with Crippen LogP contribution in [0.1, 0.15) is 27.7 Å². The summed E-state index contributed by atoms with van der Waals surface area (Å²) in [7, 11) is 0. The van der Waals surface area contributed by atoms with Crippen LogP contribution in [0.2, 0.25) is 0 Å². The number of nitrogens with one attached hydrogen (secondary N) is 2. The number of carbonyl (C=O) groups excluding carboxylic acids is 1. The van der Waals surface area contributed by atoms with E-state index in [4.69, 9.17) is 0 Å². The lowest BCUT2D eigenvalue weighted by molar-refractivity contribution is -0.275. The third-order valence-electron chi connectivity index (χ3n) is 4.20. The van der Waals surface area contributed by atoms with Gasteiger partial charge in [-0.15, -0.1) is 13.2 Å². The molecule has 2 heterocycles. The highest BCUT2D eigenvalue weighted by Crippen LogP contribution is 2.27. The molecule has 0 spiro atoms. The standard InChI is InChI=1S/C20H16F4N4O4/c1-10-2-4-13(25-8-10)18-26-14(7-17(30)28-18)19(31)27-15(9-29)11-3-5-16(12(21)6-11)32-20(22,23)24/h2-8,15,29H,9H2,1H3,(H,27,31)(H,26,28,30). The van der Waals surface area contributed by atoms with Gasteiger partial charge >= 0.3 is 6.36 Å². The number of rotatable bonds is 6. The van der Waals surface area contributed by atoms with Gasteiger partial charge in [0.15, 0.2) is 17.4 Å². The molecule has 0 saturated carbocycles. The van der Waals surface area contributed by atoms with E-state index in [1.165, 1.54) is 0 Å². The maximum atomic E-state index is 14.0. The molecule has 8 nitrogen and oxygen atoms in total. The number of aromatic nitrogens is 3. The number of H-pyrrole nitrogens is 1. The van der Waals surface area contributed by atoms with Gasteiger partial charge in [-0.3, -0.25) is 14.6 Å². The van der Waals surface area contributed by atoms with E-state index in [9.17, 15) is 32.3 Å². The van der Waals surface area contributed by atoms with Crippen LogP contribution in [0.15, 0.2) is 47.4 Å². The SMILES string of the molecule is Cc1ccc(-c2nc(C(=O)NC(CO)c3ccc(OC(F)(F)F)c(F)c3)cc(=O)[nH]2)nc1. The van der Waals surface area contributed by atoms with Gasteiger partial charge in [-0.2, -0.15) is 0 Å². The summed E-state index contributed by atoms with van der Waals surface area (Å²) in [6, 6.07) is 5.52. The minimum atomic E-state index is -5.08. The molecule has 0 saturated heterocycles. The molecule has 0 aliphatic rings. The number of aliphatic hydroxyl groups excluding tert-OH is 1. The predicted octanol–water partition coefficient (Wildman–Crippen LogP) is 2.64. The molecule has 1 atom stereocenters. The van der Waals surface area contributed by atoms with Crippen molar-refractivity contribution in [1.29, 1.82) is 0 Å². The maximum Gasteiger partial charge on any atom is 0.573 e. The zero-order valence-corrected chi connectivity index (χ0v) is 16.4. The van der Waals surface area contributed by atoms with E-state index in [-0.39, 0.29) is 17.1 Å². The van der Waals surface area contributed by atoms with Crippen LogP contribution in [-0.2, 0) is 0 Å². The lowest BCUT2D eigenvalue weighted by Gasteiger charge is -2.18. The predicted molar refractivity (Wildman–Crippen MR) is 103 cm³/mol. The van der Waals surface area contributed by atoms with Gasteiger partial charge in [0.2, 0.25) is 0 Å². The largest absolute Gasteiger partial charge is 0.573 e. The van der Waals surface area contributed by atoms with Crippen LogP contribution in [0.25, 0.3) is 11.5 Å². The van der Waals surface area contributed by atoms with Crippen molar-refractivity contribution < 1.29 is 32.2 Å². The van der Waals surface area contributed by atoms with Crippen LogP contribution in [-0.4, -0.2) is 38.9 Å². The Morgan fingerprint density at radius 3 is 2.59 bits per heavy atom. The molecular weight excluding hydrogens is 436 g/mol. The van der Waals surface area contributed by atoms with E-state index in [0.717, 1.165) is 23.8 Å². The number of alkyl halides is 3. The number of pyridine rings is 1. The second kappa shape index (κ2) is 9.14. The van der Waals surface area contributed by atoms with Crippen molar-refractivity contribution in [3.8, 4) is 17.3 Å².